The fraction of sp³-hybridized carbons (Fsp3) is 0.316. The van der Waals surface area contributed by atoms with Crippen molar-refractivity contribution in [3.8, 4) is 5.75 Å². The second-order valence-electron chi connectivity index (χ2n) is 5.66. The Morgan fingerprint density at radius 2 is 1.92 bits per heavy atom. The van der Waals surface area contributed by atoms with Crippen molar-refractivity contribution >= 4 is 29.3 Å². The van der Waals surface area contributed by atoms with Crippen LogP contribution in [0.1, 0.15) is 29.8 Å². The van der Waals surface area contributed by atoms with Gasteiger partial charge >= 0.3 is 0 Å². The second-order valence-corrected chi connectivity index (χ2v) is 6.95. The van der Waals surface area contributed by atoms with Gasteiger partial charge in [-0.3, -0.25) is 4.79 Å². The number of rotatable bonds is 7. The Hall–Kier alpha value is -1.65. The Kier molecular flexibility index (Phi) is 7.00. The summed E-state index contributed by atoms with van der Waals surface area (Å²) in [4.78, 5) is 13.3. The van der Waals surface area contributed by atoms with Crippen LogP contribution in [0.4, 0.5) is 0 Å². The number of halogens is 1. The molecule has 2 aromatic rings. The molecular weight excluding hydrogens is 342 g/mol. The van der Waals surface area contributed by atoms with Gasteiger partial charge in [-0.15, -0.1) is 11.8 Å². The van der Waals surface area contributed by atoms with Crippen LogP contribution in [-0.2, 0) is 6.42 Å². The molecule has 0 atom stereocenters. The molecule has 0 fully saturated rings. The lowest BCUT2D eigenvalue weighted by Gasteiger charge is -2.11. The lowest BCUT2D eigenvalue weighted by molar-refractivity contribution is 0.0954. The Labute approximate surface area is 152 Å². The van der Waals surface area contributed by atoms with Crippen LogP contribution in [-0.4, -0.2) is 24.8 Å². The number of hydrogen-bond acceptors (Lipinski definition) is 3. The Bertz CT molecular complexity index is 686. The van der Waals surface area contributed by atoms with Crippen LogP contribution < -0.4 is 10.1 Å². The van der Waals surface area contributed by atoms with Gasteiger partial charge in [-0.2, -0.15) is 0 Å². The van der Waals surface area contributed by atoms with E-state index in [1.54, 1.807) is 17.8 Å². The van der Waals surface area contributed by atoms with Gasteiger partial charge in [0.05, 0.1) is 16.7 Å². The zero-order chi connectivity index (χ0) is 17.5. The van der Waals surface area contributed by atoms with Crippen molar-refractivity contribution in [1.29, 1.82) is 0 Å². The molecule has 0 spiro atoms. The lowest BCUT2D eigenvalue weighted by Crippen LogP contribution is -2.26. The molecule has 2 aromatic carbocycles. The van der Waals surface area contributed by atoms with E-state index < -0.39 is 0 Å². The first-order valence-electron chi connectivity index (χ1n) is 7.87. The molecule has 0 saturated heterocycles. The van der Waals surface area contributed by atoms with E-state index in [1.165, 1.54) is 0 Å². The molecule has 0 aliphatic carbocycles. The molecule has 0 heterocycles. The quantitative estimate of drug-likeness (QED) is 0.716. The summed E-state index contributed by atoms with van der Waals surface area (Å²) >= 11 is 7.70. The van der Waals surface area contributed by atoms with E-state index in [-0.39, 0.29) is 12.0 Å². The molecule has 0 aliphatic rings. The number of carbonyl (C=O) groups excluding carboxylic acids is 1. The molecule has 3 nitrogen and oxygen atoms in total. The lowest BCUT2D eigenvalue weighted by atomic mass is 10.1. The van der Waals surface area contributed by atoms with Crippen molar-refractivity contribution < 1.29 is 9.53 Å². The second kappa shape index (κ2) is 9.00. The molecular formula is C19H22ClNO2S. The summed E-state index contributed by atoms with van der Waals surface area (Å²) in [5.41, 5.74) is 1.67. The summed E-state index contributed by atoms with van der Waals surface area (Å²) in [6.07, 6.45) is 2.89. The zero-order valence-electron chi connectivity index (χ0n) is 14.1. The minimum absolute atomic E-state index is 0.143. The molecule has 0 aromatic heterocycles. The molecule has 0 saturated carbocycles. The van der Waals surface area contributed by atoms with Gasteiger partial charge in [0, 0.05) is 11.4 Å². The van der Waals surface area contributed by atoms with E-state index in [4.69, 9.17) is 16.3 Å². The Balaban J connectivity index is 1.88. The number of thioether (sulfide) groups is 1. The zero-order valence-corrected chi connectivity index (χ0v) is 15.7. The number of hydrogen-bond donors (Lipinski definition) is 1. The number of ether oxygens (including phenoxy) is 1. The molecule has 1 N–H and O–H groups in total. The van der Waals surface area contributed by atoms with Gasteiger partial charge in [-0.25, -0.2) is 0 Å². The molecule has 0 aliphatic heterocycles. The van der Waals surface area contributed by atoms with Gasteiger partial charge in [0.1, 0.15) is 5.75 Å². The highest BCUT2D eigenvalue weighted by molar-refractivity contribution is 7.98. The average molecular weight is 364 g/mol. The van der Waals surface area contributed by atoms with Gasteiger partial charge in [-0.05, 0) is 62.4 Å². The number of carbonyl (C=O) groups is 1. The van der Waals surface area contributed by atoms with E-state index in [0.29, 0.717) is 17.1 Å². The van der Waals surface area contributed by atoms with E-state index in [9.17, 15) is 4.79 Å². The van der Waals surface area contributed by atoms with Crippen LogP contribution in [0.3, 0.4) is 0 Å². The van der Waals surface area contributed by atoms with Crippen molar-refractivity contribution in [3.63, 3.8) is 0 Å². The first-order valence-corrected chi connectivity index (χ1v) is 9.47. The van der Waals surface area contributed by atoms with E-state index in [0.717, 1.165) is 22.6 Å². The molecule has 2 rings (SSSR count). The molecule has 0 bridgehead atoms. The summed E-state index contributed by atoms with van der Waals surface area (Å²) in [6.45, 7) is 4.56. The van der Waals surface area contributed by atoms with Crippen LogP contribution in [0.25, 0.3) is 0 Å². The summed E-state index contributed by atoms with van der Waals surface area (Å²) in [6, 6.07) is 13.4. The smallest absolute Gasteiger partial charge is 0.252 e. The molecule has 5 heteroatoms. The van der Waals surface area contributed by atoms with Crippen molar-refractivity contribution in [3.05, 3.63) is 58.6 Å². The number of nitrogens with one attached hydrogen (secondary N) is 1. The maximum atomic E-state index is 12.3. The van der Waals surface area contributed by atoms with Crippen molar-refractivity contribution in [2.75, 3.05) is 12.8 Å². The third-order valence-corrected chi connectivity index (χ3v) is 4.47. The van der Waals surface area contributed by atoms with Crippen LogP contribution in [0.2, 0.25) is 5.02 Å². The standard InChI is InChI=1S/C19H22ClNO2S/c1-13(2)23-15-6-4-14(5-7-15)10-11-21-19(22)17-12-16(24-3)8-9-18(17)20/h4-9,12-13H,10-11H2,1-3H3,(H,21,22). The topological polar surface area (TPSA) is 38.3 Å². The highest BCUT2D eigenvalue weighted by atomic mass is 35.5. The van der Waals surface area contributed by atoms with E-state index in [2.05, 4.69) is 5.32 Å². The van der Waals surface area contributed by atoms with Gasteiger partial charge < -0.3 is 10.1 Å². The highest BCUT2D eigenvalue weighted by Gasteiger charge is 2.10. The minimum atomic E-state index is -0.143. The van der Waals surface area contributed by atoms with Crippen LogP contribution in [0.15, 0.2) is 47.4 Å². The van der Waals surface area contributed by atoms with Crippen LogP contribution in [0.5, 0.6) is 5.75 Å². The molecule has 1 amide bonds. The normalized spacial score (nSPS) is 10.7. The van der Waals surface area contributed by atoms with Gasteiger partial charge in [-0.1, -0.05) is 23.7 Å². The highest BCUT2D eigenvalue weighted by Crippen LogP contribution is 2.23. The van der Waals surface area contributed by atoms with Crippen molar-refractivity contribution in [2.45, 2.75) is 31.3 Å². The van der Waals surface area contributed by atoms with E-state index in [1.807, 2.05) is 56.5 Å². The first kappa shape index (κ1) is 18.7. The maximum absolute atomic E-state index is 12.3. The van der Waals surface area contributed by atoms with Crippen LogP contribution >= 0.6 is 23.4 Å². The first-order chi connectivity index (χ1) is 11.5. The third-order valence-electron chi connectivity index (χ3n) is 3.41. The van der Waals surface area contributed by atoms with Gasteiger partial charge in [0.25, 0.3) is 5.91 Å². The summed E-state index contributed by atoms with van der Waals surface area (Å²) in [5, 5.41) is 3.40. The maximum Gasteiger partial charge on any atom is 0.252 e. The Morgan fingerprint density at radius 3 is 2.54 bits per heavy atom. The predicted octanol–water partition coefficient (Wildman–Crippen LogP) is 4.82. The van der Waals surface area contributed by atoms with E-state index >= 15 is 0 Å². The van der Waals surface area contributed by atoms with Crippen molar-refractivity contribution in [1.82, 2.24) is 5.32 Å². The number of amides is 1. The SMILES string of the molecule is CSc1ccc(Cl)c(C(=O)NCCc2ccc(OC(C)C)cc2)c1. The molecule has 24 heavy (non-hydrogen) atoms. The largest absolute Gasteiger partial charge is 0.491 e. The molecule has 0 radical (unpaired) electrons. The molecule has 0 unspecified atom stereocenters. The fourth-order valence-electron chi connectivity index (χ4n) is 2.23. The van der Waals surface area contributed by atoms with Crippen LogP contribution in [0, 0.1) is 0 Å². The predicted molar refractivity (Wildman–Crippen MR) is 101 cm³/mol. The van der Waals surface area contributed by atoms with Gasteiger partial charge in [0.15, 0.2) is 0 Å². The molecule has 128 valence electrons. The summed E-state index contributed by atoms with van der Waals surface area (Å²) < 4.78 is 5.62. The summed E-state index contributed by atoms with van der Waals surface area (Å²) in [5.74, 6) is 0.717. The van der Waals surface area contributed by atoms with Gasteiger partial charge in [0.2, 0.25) is 0 Å². The Morgan fingerprint density at radius 1 is 1.21 bits per heavy atom. The van der Waals surface area contributed by atoms with Crippen molar-refractivity contribution in [2.24, 2.45) is 0 Å². The fourth-order valence-corrected chi connectivity index (χ4v) is 2.87. The monoisotopic (exact) mass is 363 g/mol. The third kappa shape index (κ3) is 5.46. The minimum Gasteiger partial charge on any atom is -0.491 e. The average Bonchev–Trinajstić information content (AvgIpc) is 2.56. The number of benzene rings is 2. The summed E-state index contributed by atoms with van der Waals surface area (Å²) in [7, 11) is 0.